The second-order valence-electron chi connectivity index (χ2n) is 5.29. The number of nitrogens with zero attached hydrogens (tertiary/aromatic N) is 1. The van der Waals surface area contributed by atoms with Crippen LogP contribution < -0.4 is 10.7 Å². The van der Waals surface area contributed by atoms with Crippen LogP contribution in [0, 0.1) is 5.82 Å². The molecule has 2 N–H and O–H groups in total. The van der Waals surface area contributed by atoms with E-state index in [-0.39, 0.29) is 11.7 Å². The third kappa shape index (κ3) is 5.06. The molecule has 0 saturated carbocycles. The first-order valence-electron chi connectivity index (χ1n) is 7.61. The van der Waals surface area contributed by atoms with Gasteiger partial charge < -0.3 is 5.32 Å². The fourth-order valence-corrected chi connectivity index (χ4v) is 2.20. The van der Waals surface area contributed by atoms with Gasteiger partial charge in [0.25, 0.3) is 5.91 Å². The van der Waals surface area contributed by atoms with Crippen LogP contribution in [0.1, 0.15) is 25.8 Å². The molecule has 24 heavy (non-hydrogen) atoms. The average Bonchev–Trinajstić information content (AvgIpc) is 2.59. The van der Waals surface area contributed by atoms with E-state index in [0.29, 0.717) is 17.2 Å². The van der Waals surface area contributed by atoms with Crippen molar-refractivity contribution in [1.82, 2.24) is 5.43 Å². The van der Waals surface area contributed by atoms with E-state index in [1.807, 2.05) is 19.1 Å². The Balaban J connectivity index is 1.99. The van der Waals surface area contributed by atoms with E-state index in [1.54, 1.807) is 31.2 Å². The number of amides is 1. The minimum atomic E-state index is -0.420. The molecule has 126 valence electrons. The molecule has 0 fully saturated rings. The van der Waals surface area contributed by atoms with Crippen LogP contribution in [0.25, 0.3) is 0 Å². The van der Waals surface area contributed by atoms with Gasteiger partial charge in [-0.2, -0.15) is 5.10 Å². The third-order valence-corrected chi connectivity index (χ3v) is 3.76. The van der Waals surface area contributed by atoms with Gasteiger partial charge in [0, 0.05) is 10.7 Å². The topological polar surface area (TPSA) is 53.5 Å². The quantitative estimate of drug-likeness (QED) is 0.607. The standard InChI is InChI=1S/C18H19ClFN3O/c1-3-17(21-16-10-6-14(19)7-11-16)18(24)23-22-12(2)13-4-8-15(20)9-5-13/h4-11,17,21H,3H2,1-2H3,(H,23,24)/b22-12+/t17-/m0/s1. The summed E-state index contributed by atoms with van der Waals surface area (Å²) in [5.74, 6) is -0.553. The average molecular weight is 348 g/mol. The molecule has 2 aromatic carbocycles. The SMILES string of the molecule is CC[C@H](Nc1ccc(Cl)cc1)C(=O)N/N=C(\C)c1ccc(F)cc1. The zero-order valence-electron chi connectivity index (χ0n) is 13.5. The summed E-state index contributed by atoms with van der Waals surface area (Å²) in [5, 5.41) is 7.86. The summed E-state index contributed by atoms with van der Waals surface area (Å²) in [6.07, 6.45) is 0.597. The van der Waals surface area contributed by atoms with E-state index in [9.17, 15) is 9.18 Å². The third-order valence-electron chi connectivity index (χ3n) is 3.51. The molecule has 6 heteroatoms. The van der Waals surface area contributed by atoms with Gasteiger partial charge in [-0.1, -0.05) is 30.7 Å². The molecule has 0 radical (unpaired) electrons. The van der Waals surface area contributed by atoms with Crippen LogP contribution in [0.5, 0.6) is 0 Å². The summed E-state index contributed by atoms with van der Waals surface area (Å²) >= 11 is 5.85. The van der Waals surface area contributed by atoms with Crippen LogP contribution in [0.15, 0.2) is 53.6 Å². The zero-order valence-corrected chi connectivity index (χ0v) is 14.3. The number of halogens is 2. The van der Waals surface area contributed by atoms with Crippen molar-refractivity contribution in [3.63, 3.8) is 0 Å². The highest BCUT2D eigenvalue weighted by molar-refractivity contribution is 6.30. The predicted molar refractivity (Wildman–Crippen MR) is 95.9 cm³/mol. The van der Waals surface area contributed by atoms with Crippen LogP contribution in [-0.2, 0) is 4.79 Å². The van der Waals surface area contributed by atoms with Gasteiger partial charge in [-0.25, -0.2) is 9.82 Å². The second kappa shape index (κ2) is 8.45. The number of nitrogens with one attached hydrogen (secondary N) is 2. The van der Waals surface area contributed by atoms with Crippen molar-refractivity contribution in [2.75, 3.05) is 5.32 Å². The molecule has 1 atom stereocenters. The van der Waals surface area contributed by atoms with Gasteiger partial charge >= 0.3 is 0 Å². The first-order chi connectivity index (χ1) is 11.5. The number of rotatable bonds is 6. The highest BCUT2D eigenvalue weighted by atomic mass is 35.5. The van der Waals surface area contributed by atoms with Crippen molar-refractivity contribution in [2.45, 2.75) is 26.3 Å². The lowest BCUT2D eigenvalue weighted by Gasteiger charge is -2.16. The Morgan fingerprint density at radius 3 is 2.38 bits per heavy atom. The minimum Gasteiger partial charge on any atom is -0.374 e. The lowest BCUT2D eigenvalue weighted by molar-refractivity contribution is -0.121. The maximum absolute atomic E-state index is 12.9. The van der Waals surface area contributed by atoms with Crippen molar-refractivity contribution in [3.8, 4) is 0 Å². The van der Waals surface area contributed by atoms with E-state index in [1.165, 1.54) is 12.1 Å². The summed E-state index contributed by atoms with van der Waals surface area (Å²) < 4.78 is 12.9. The van der Waals surface area contributed by atoms with E-state index in [2.05, 4.69) is 15.8 Å². The second-order valence-corrected chi connectivity index (χ2v) is 5.73. The smallest absolute Gasteiger partial charge is 0.262 e. The van der Waals surface area contributed by atoms with E-state index >= 15 is 0 Å². The Kier molecular flexibility index (Phi) is 6.32. The highest BCUT2D eigenvalue weighted by Crippen LogP contribution is 2.15. The lowest BCUT2D eigenvalue weighted by atomic mass is 10.1. The predicted octanol–water partition coefficient (Wildman–Crippen LogP) is 4.21. The van der Waals surface area contributed by atoms with Gasteiger partial charge in [0.2, 0.25) is 0 Å². The van der Waals surface area contributed by atoms with Crippen molar-refractivity contribution in [1.29, 1.82) is 0 Å². The zero-order chi connectivity index (χ0) is 17.5. The van der Waals surface area contributed by atoms with Crippen LogP contribution in [-0.4, -0.2) is 17.7 Å². The number of carbonyl (C=O) groups is 1. The first kappa shape index (κ1) is 17.9. The Morgan fingerprint density at radius 2 is 1.79 bits per heavy atom. The van der Waals surface area contributed by atoms with Crippen LogP contribution in [0.4, 0.5) is 10.1 Å². The molecule has 0 bridgehead atoms. The fraction of sp³-hybridized carbons (Fsp3) is 0.222. The van der Waals surface area contributed by atoms with Gasteiger partial charge in [-0.15, -0.1) is 0 Å². The van der Waals surface area contributed by atoms with E-state index < -0.39 is 6.04 Å². The van der Waals surface area contributed by atoms with Crippen molar-refractivity contribution < 1.29 is 9.18 Å². The van der Waals surface area contributed by atoms with E-state index in [4.69, 9.17) is 11.6 Å². The number of hydrogen-bond donors (Lipinski definition) is 2. The number of anilines is 1. The van der Waals surface area contributed by atoms with Gasteiger partial charge in [0.15, 0.2) is 0 Å². The molecular formula is C18H19ClFN3O. The molecule has 1 amide bonds. The highest BCUT2D eigenvalue weighted by Gasteiger charge is 2.15. The van der Waals surface area contributed by atoms with Crippen LogP contribution in [0.3, 0.4) is 0 Å². The number of hydrogen-bond acceptors (Lipinski definition) is 3. The monoisotopic (exact) mass is 347 g/mol. The molecule has 2 rings (SSSR count). The summed E-state index contributed by atoms with van der Waals surface area (Å²) in [7, 11) is 0. The lowest BCUT2D eigenvalue weighted by Crippen LogP contribution is -2.37. The molecule has 4 nitrogen and oxygen atoms in total. The Hall–Kier alpha value is -2.40. The maximum Gasteiger partial charge on any atom is 0.262 e. The molecule has 0 aliphatic rings. The molecule has 0 saturated heterocycles. The Morgan fingerprint density at radius 1 is 1.17 bits per heavy atom. The largest absolute Gasteiger partial charge is 0.374 e. The van der Waals surface area contributed by atoms with Gasteiger partial charge in [-0.3, -0.25) is 4.79 Å². The first-order valence-corrected chi connectivity index (χ1v) is 7.99. The van der Waals surface area contributed by atoms with Gasteiger partial charge in [-0.05, 0) is 55.3 Å². The van der Waals surface area contributed by atoms with Crippen molar-refractivity contribution in [2.24, 2.45) is 5.10 Å². The molecule has 0 aliphatic heterocycles. The number of carbonyl (C=O) groups excluding carboxylic acids is 1. The molecule has 0 heterocycles. The van der Waals surface area contributed by atoms with Crippen molar-refractivity contribution >= 4 is 28.9 Å². The molecule has 0 unspecified atom stereocenters. The van der Waals surface area contributed by atoms with Crippen molar-refractivity contribution in [3.05, 3.63) is 64.9 Å². The molecular weight excluding hydrogens is 329 g/mol. The van der Waals surface area contributed by atoms with Crippen LogP contribution in [0.2, 0.25) is 5.02 Å². The van der Waals surface area contributed by atoms with Crippen LogP contribution >= 0.6 is 11.6 Å². The molecule has 0 spiro atoms. The fourth-order valence-electron chi connectivity index (χ4n) is 2.07. The van der Waals surface area contributed by atoms with E-state index in [0.717, 1.165) is 11.3 Å². The normalized spacial score (nSPS) is 12.6. The Labute approximate surface area is 145 Å². The summed E-state index contributed by atoms with van der Waals surface area (Å²) in [6, 6.07) is 12.6. The summed E-state index contributed by atoms with van der Waals surface area (Å²) in [6.45, 7) is 3.66. The minimum absolute atomic E-state index is 0.242. The maximum atomic E-state index is 12.9. The van der Waals surface area contributed by atoms with Gasteiger partial charge in [0.1, 0.15) is 11.9 Å². The number of benzene rings is 2. The number of hydrazone groups is 1. The molecule has 0 aliphatic carbocycles. The molecule has 0 aromatic heterocycles. The Bertz CT molecular complexity index is 714. The summed E-state index contributed by atoms with van der Waals surface area (Å²) in [4.78, 5) is 12.3. The molecule has 2 aromatic rings. The van der Waals surface area contributed by atoms with Gasteiger partial charge in [0.05, 0.1) is 5.71 Å². The summed E-state index contributed by atoms with van der Waals surface area (Å²) in [5.41, 5.74) is 4.70.